The Morgan fingerprint density at radius 1 is 1.03 bits per heavy atom. The van der Waals surface area contributed by atoms with Crippen LogP contribution in [-0.4, -0.2) is 34.2 Å². The Morgan fingerprint density at radius 2 is 1.57 bits per heavy atom. The van der Waals surface area contributed by atoms with Gasteiger partial charge < -0.3 is 14.5 Å². The second kappa shape index (κ2) is 8.44. The van der Waals surface area contributed by atoms with Crippen molar-refractivity contribution in [2.45, 2.75) is 38.2 Å². The van der Waals surface area contributed by atoms with Crippen molar-refractivity contribution in [3.8, 4) is 0 Å². The average molecular weight is 405 g/mol. The number of piperidine rings is 1. The van der Waals surface area contributed by atoms with Crippen LogP contribution < -0.4 is 0 Å². The monoisotopic (exact) mass is 404 g/mol. The van der Waals surface area contributed by atoms with Gasteiger partial charge in [0.25, 0.3) is 5.91 Å². The number of nitrogens with zero attached hydrogens (tertiary/aromatic N) is 2. The first kappa shape index (κ1) is 20.4. The van der Waals surface area contributed by atoms with Gasteiger partial charge in [0.15, 0.2) is 5.69 Å². The average Bonchev–Trinajstić information content (AvgIpc) is 3.30. The van der Waals surface area contributed by atoms with E-state index in [0.717, 1.165) is 16.9 Å². The van der Waals surface area contributed by atoms with E-state index in [9.17, 15) is 9.90 Å². The quantitative estimate of drug-likeness (QED) is 0.676. The van der Waals surface area contributed by atoms with E-state index >= 15 is 0 Å². The maximum atomic E-state index is 12.9. The third-order valence-electron chi connectivity index (χ3n) is 6.12. The molecular formula is C25H28N2O3. The molecule has 1 aliphatic rings. The number of likely N-dealkylation sites (tertiary alicyclic amines) is 1. The van der Waals surface area contributed by atoms with Crippen LogP contribution in [0.15, 0.2) is 71.3 Å². The van der Waals surface area contributed by atoms with Crippen molar-refractivity contribution in [1.82, 2.24) is 10.1 Å². The number of benzene rings is 2. The minimum Gasteiger partial charge on any atom is -0.380 e. The molecule has 4 rings (SSSR count). The molecule has 0 radical (unpaired) electrons. The molecule has 5 nitrogen and oxygen atoms in total. The lowest BCUT2D eigenvalue weighted by Gasteiger charge is -2.42. The van der Waals surface area contributed by atoms with Gasteiger partial charge in [0.2, 0.25) is 0 Å². The lowest BCUT2D eigenvalue weighted by Crippen LogP contribution is -2.46. The number of aromatic nitrogens is 1. The normalized spacial score (nSPS) is 15.5. The largest absolute Gasteiger partial charge is 0.380 e. The van der Waals surface area contributed by atoms with Crippen molar-refractivity contribution in [2.24, 2.45) is 5.92 Å². The van der Waals surface area contributed by atoms with E-state index in [1.807, 2.05) is 79.4 Å². The van der Waals surface area contributed by atoms with Gasteiger partial charge >= 0.3 is 0 Å². The van der Waals surface area contributed by atoms with Gasteiger partial charge in [-0.1, -0.05) is 79.7 Å². The van der Waals surface area contributed by atoms with Gasteiger partial charge in [-0.25, -0.2) is 0 Å². The molecule has 5 heteroatoms. The second-order valence-electron chi connectivity index (χ2n) is 8.33. The topological polar surface area (TPSA) is 66.6 Å². The molecule has 1 fully saturated rings. The second-order valence-corrected chi connectivity index (χ2v) is 8.33. The highest BCUT2D eigenvalue weighted by molar-refractivity contribution is 5.92. The van der Waals surface area contributed by atoms with Crippen LogP contribution in [0.1, 0.15) is 60.0 Å². The Kier molecular flexibility index (Phi) is 5.73. The van der Waals surface area contributed by atoms with Crippen molar-refractivity contribution < 1.29 is 14.4 Å². The molecule has 0 aliphatic carbocycles. The van der Waals surface area contributed by atoms with Crippen molar-refractivity contribution in [3.05, 3.63) is 89.3 Å². The molecule has 0 atom stereocenters. The summed E-state index contributed by atoms with van der Waals surface area (Å²) < 4.78 is 5.29. The molecule has 2 aromatic carbocycles. The number of carbonyl (C=O) groups is 1. The molecule has 0 saturated carbocycles. The minimum atomic E-state index is -1.09. The van der Waals surface area contributed by atoms with Crippen LogP contribution >= 0.6 is 0 Å². The van der Waals surface area contributed by atoms with Gasteiger partial charge in [-0.05, 0) is 29.9 Å². The van der Waals surface area contributed by atoms with E-state index in [4.69, 9.17) is 4.52 Å². The van der Waals surface area contributed by atoms with Gasteiger partial charge in [-0.2, -0.15) is 0 Å². The van der Waals surface area contributed by atoms with Gasteiger partial charge in [0.1, 0.15) is 11.4 Å². The van der Waals surface area contributed by atoms with E-state index in [-0.39, 0.29) is 17.7 Å². The Hall–Kier alpha value is -2.92. The Bertz CT molecular complexity index is 934. The molecule has 1 saturated heterocycles. The van der Waals surface area contributed by atoms with Crippen LogP contribution in [0.5, 0.6) is 0 Å². The third kappa shape index (κ3) is 3.77. The maximum Gasteiger partial charge on any atom is 0.276 e. The Balaban J connectivity index is 1.54. The fraction of sp³-hybridized carbons (Fsp3) is 0.360. The SMILES string of the molecule is CC(C)c1cc(C(=O)N2CCC(C(O)(c3ccccc3)c3ccccc3)CC2)no1. The fourth-order valence-electron chi connectivity index (χ4n) is 4.35. The standard InChI is InChI=1S/C25H28N2O3/c1-18(2)23-17-22(26-30-23)24(28)27-15-13-21(14-16-27)25(29,19-9-5-3-6-10-19)20-11-7-4-8-12-20/h3-12,17-18,21,29H,13-16H2,1-2H3. The summed E-state index contributed by atoms with van der Waals surface area (Å²) in [7, 11) is 0. The predicted octanol–water partition coefficient (Wildman–Crippen LogP) is 4.59. The lowest BCUT2D eigenvalue weighted by molar-refractivity contribution is -0.0124. The first-order chi connectivity index (χ1) is 14.5. The molecule has 0 spiro atoms. The smallest absolute Gasteiger partial charge is 0.276 e. The number of aliphatic hydroxyl groups is 1. The predicted molar refractivity (Wildman–Crippen MR) is 115 cm³/mol. The number of hydrogen-bond donors (Lipinski definition) is 1. The van der Waals surface area contributed by atoms with Crippen molar-refractivity contribution in [1.29, 1.82) is 0 Å². The highest BCUT2D eigenvalue weighted by Gasteiger charge is 2.42. The molecule has 2 heterocycles. The molecule has 156 valence electrons. The zero-order valence-electron chi connectivity index (χ0n) is 17.5. The molecule has 30 heavy (non-hydrogen) atoms. The van der Waals surface area contributed by atoms with E-state index < -0.39 is 5.60 Å². The molecule has 1 aliphatic heterocycles. The highest BCUT2D eigenvalue weighted by atomic mass is 16.5. The van der Waals surface area contributed by atoms with Crippen LogP contribution in [0.2, 0.25) is 0 Å². The minimum absolute atomic E-state index is 0.00915. The van der Waals surface area contributed by atoms with Crippen LogP contribution in [0.3, 0.4) is 0 Å². The molecule has 1 amide bonds. The van der Waals surface area contributed by atoms with Gasteiger partial charge in [-0.15, -0.1) is 0 Å². The number of rotatable bonds is 5. The van der Waals surface area contributed by atoms with E-state index in [1.165, 1.54) is 0 Å². The maximum absolute atomic E-state index is 12.9. The first-order valence-electron chi connectivity index (χ1n) is 10.6. The molecule has 3 aromatic rings. The molecule has 0 unspecified atom stereocenters. The summed E-state index contributed by atoms with van der Waals surface area (Å²) >= 11 is 0. The van der Waals surface area contributed by atoms with Crippen molar-refractivity contribution >= 4 is 5.91 Å². The third-order valence-corrected chi connectivity index (χ3v) is 6.12. The van der Waals surface area contributed by atoms with Gasteiger partial charge in [0, 0.05) is 25.1 Å². The van der Waals surface area contributed by atoms with Crippen LogP contribution in [0.25, 0.3) is 0 Å². The highest BCUT2D eigenvalue weighted by Crippen LogP contribution is 2.42. The fourth-order valence-corrected chi connectivity index (χ4v) is 4.35. The number of hydrogen-bond acceptors (Lipinski definition) is 4. The molecular weight excluding hydrogens is 376 g/mol. The lowest BCUT2D eigenvalue weighted by atomic mass is 9.72. The van der Waals surface area contributed by atoms with E-state index in [2.05, 4.69) is 5.16 Å². The molecule has 0 bridgehead atoms. The summed E-state index contributed by atoms with van der Waals surface area (Å²) in [4.78, 5) is 14.7. The van der Waals surface area contributed by atoms with Gasteiger partial charge in [-0.3, -0.25) is 4.79 Å². The number of carbonyl (C=O) groups excluding carboxylic acids is 1. The van der Waals surface area contributed by atoms with Gasteiger partial charge in [0.05, 0.1) is 0 Å². The summed E-state index contributed by atoms with van der Waals surface area (Å²) in [5.74, 6) is 0.814. The Morgan fingerprint density at radius 3 is 2.03 bits per heavy atom. The van der Waals surface area contributed by atoms with E-state index in [0.29, 0.717) is 31.6 Å². The zero-order chi connectivity index (χ0) is 21.1. The molecule has 1 N–H and O–H groups in total. The molecule has 1 aromatic heterocycles. The van der Waals surface area contributed by atoms with Crippen molar-refractivity contribution in [2.75, 3.05) is 13.1 Å². The number of amides is 1. The van der Waals surface area contributed by atoms with Crippen LogP contribution in [-0.2, 0) is 5.60 Å². The summed E-state index contributed by atoms with van der Waals surface area (Å²) in [6.45, 7) is 5.17. The summed E-state index contributed by atoms with van der Waals surface area (Å²) in [6.07, 6.45) is 1.42. The van der Waals surface area contributed by atoms with Crippen LogP contribution in [0.4, 0.5) is 0 Å². The summed E-state index contributed by atoms with van der Waals surface area (Å²) in [5, 5.41) is 15.9. The Labute approximate surface area is 177 Å². The summed E-state index contributed by atoms with van der Waals surface area (Å²) in [6, 6.07) is 21.4. The zero-order valence-corrected chi connectivity index (χ0v) is 17.5. The van der Waals surface area contributed by atoms with Crippen molar-refractivity contribution in [3.63, 3.8) is 0 Å². The van der Waals surface area contributed by atoms with E-state index in [1.54, 1.807) is 6.07 Å². The van der Waals surface area contributed by atoms with Crippen LogP contribution in [0, 0.1) is 5.92 Å². The first-order valence-corrected chi connectivity index (χ1v) is 10.6. The summed E-state index contributed by atoms with van der Waals surface area (Å²) in [5.41, 5.74) is 1.05.